The van der Waals surface area contributed by atoms with Crippen molar-refractivity contribution in [3.8, 4) is 0 Å². The Morgan fingerprint density at radius 1 is 1.10 bits per heavy atom. The van der Waals surface area contributed by atoms with Crippen LogP contribution < -0.4 is 11.1 Å². The summed E-state index contributed by atoms with van der Waals surface area (Å²) in [5.41, 5.74) is 9.49. The predicted molar refractivity (Wildman–Crippen MR) is 117 cm³/mol. The lowest BCUT2D eigenvalue weighted by molar-refractivity contribution is 0.0859. The summed E-state index contributed by atoms with van der Waals surface area (Å²) in [7, 11) is -3.64. The third-order valence-corrected chi connectivity index (χ3v) is 7.88. The van der Waals surface area contributed by atoms with Crippen LogP contribution >= 0.6 is 0 Å². The van der Waals surface area contributed by atoms with E-state index in [9.17, 15) is 13.2 Å². The summed E-state index contributed by atoms with van der Waals surface area (Å²) in [6.07, 6.45) is 1.07. The minimum atomic E-state index is -3.64. The number of nitrogens with zero attached hydrogens (tertiary/aromatic N) is 3. The van der Waals surface area contributed by atoms with Crippen LogP contribution in [0.3, 0.4) is 0 Å². The highest BCUT2D eigenvalue weighted by Gasteiger charge is 2.35. The number of aromatic nitrogens is 2. The molecule has 5 rings (SSSR count). The average molecular weight is 438 g/mol. The molecule has 8 nitrogen and oxygen atoms in total. The summed E-state index contributed by atoms with van der Waals surface area (Å²) >= 11 is 0. The van der Waals surface area contributed by atoms with Crippen LogP contribution in [-0.2, 0) is 23.0 Å². The molecule has 0 amide bonds. The Morgan fingerprint density at radius 3 is 2.65 bits per heavy atom. The van der Waals surface area contributed by atoms with Crippen LogP contribution in [0, 0.1) is 0 Å². The number of hydrogen-bond acceptors (Lipinski definition) is 6. The van der Waals surface area contributed by atoms with Gasteiger partial charge in [0.1, 0.15) is 5.82 Å². The molecule has 0 bridgehead atoms. The second kappa shape index (κ2) is 7.51. The van der Waals surface area contributed by atoms with Gasteiger partial charge in [-0.2, -0.15) is 14.1 Å². The molecule has 0 fully saturated rings. The summed E-state index contributed by atoms with van der Waals surface area (Å²) < 4.78 is 28.7. The van der Waals surface area contributed by atoms with Gasteiger partial charge in [-0.05, 0) is 36.6 Å². The molecule has 1 unspecified atom stereocenters. The lowest BCUT2D eigenvalue weighted by Crippen LogP contribution is -2.36. The topological polar surface area (TPSA) is 110 Å². The fraction of sp³-hybridized carbons (Fsp3) is 0.273. The molecule has 31 heavy (non-hydrogen) atoms. The van der Waals surface area contributed by atoms with Crippen LogP contribution in [0.4, 0.5) is 11.5 Å². The molecular formula is C22H23N5O3S. The van der Waals surface area contributed by atoms with Gasteiger partial charge >= 0.3 is 0 Å². The van der Waals surface area contributed by atoms with Crippen LogP contribution in [0.1, 0.15) is 34.0 Å². The first-order valence-electron chi connectivity index (χ1n) is 10.3. The van der Waals surface area contributed by atoms with Crippen molar-refractivity contribution in [2.75, 3.05) is 24.1 Å². The number of para-hydroxylation sites is 1. The summed E-state index contributed by atoms with van der Waals surface area (Å²) in [5, 5.41) is 7.79. The minimum absolute atomic E-state index is 0.0971. The molecule has 160 valence electrons. The SMILES string of the molecule is Nc1c2c(nn1C(=O)C1CCNc3ccccc31)CN(S(=O)(=O)c1ccccc1)CC2. The van der Waals surface area contributed by atoms with Gasteiger partial charge in [0, 0.05) is 24.3 Å². The molecule has 3 N–H and O–H groups in total. The fourth-order valence-electron chi connectivity index (χ4n) is 4.38. The number of rotatable bonds is 3. The summed E-state index contributed by atoms with van der Waals surface area (Å²) in [4.78, 5) is 13.6. The van der Waals surface area contributed by atoms with E-state index in [0.29, 0.717) is 37.4 Å². The smallest absolute Gasteiger partial charge is 0.256 e. The molecule has 1 atom stereocenters. The molecule has 0 saturated heterocycles. The van der Waals surface area contributed by atoms with Crippen molar-refractivity contribution in [1.82, 2.24) is 14.1 Å². The first-order valence-corrected chi connectivity index (χ1v) is 11.7. The number of carbonyl (C=O) groups is 1. The second-order valence-electron chi connectivity index (χ2n) is 7.82. The number of fused-ring (bicyclic) bond motifs is 2. The maximum Gasteiger partial charge on any atom is 0.256 e. The third kappa shape index (κ3) is 3.30. The monoisotopic (exact) mass is 437 g/mol. The second-order valence-corrected chi connectivity index (χ2v) is 9.76. The maximum absolute atomic E-state index is 13.4. The Hall–Kier alpha value is -3.17. The van der Waals surface area contributed by atoms with E-state index in [-0.39, 0.29) is 23.3 Å². The number of nitrogens with one attached hydrogen (secondary N) is 1. The van der Waals surface area contributed by atoms with Gasteiger partial charge in [0.2, 0.25) is 10.0 Å². The molecule has 3 heterocycles. The van der Waals surface area contributed by atoms with Gasteiger partial charge in [-0.15, -0.1) is 0 Å². The van der Waals surface area contributed by atoms with Crippen molar-refractivity contribution < 1.29 is 13.2 Å². The Balaban J connectivity index is 1.45. The van der Waals surface area contributed by atoms with Crippen molar-refractivity contribution in [2.45, 2.75) is 30.2 Å². The highest BCUT2D eigenvalue weighted by molar-refractivity contribution is 7.89. The zero-order valence-electron chi connectivity index (χ0n) is 16.9. The molecule has 2 aliphatic rings. The molecule has 2 aliphatic heterocycles. The van der Waals surface area contributed by atoms with Crippen LogP contribution in [0.15, 0.2) is 59.5 Å². The third-order valence-electron chi connectivity index (χ3n) is 6.02. The predicted octanol–water partition coefficient (Wildman–Crippen LogP) is 2.45. The average Bonchev–Trinajstić information content (AvgIpc) is 3.14. The van der Waals surface area contributed by atoms with E-state index in [4.69, 9.17) is 5.73 Å². The van der Waals surface area contributed by atoms with Crippen molar-refractivity contribution in [2.24, 2.45) is 0 Å². The summed E-state index contributed by atoms with van der Waals surface area (Å²) in [5.74, 6) is -0.212. The molecule has 0 aliphatic carbocycles. The van der Waals surface area contributed by atoms with Gasteiger partial charge in [-0.25, -0.2) is 8.42 Å². The first kappa shape index (κ1) is 19.8. The van der Waals surface area contributed by atoms with E-state index in [1.165, 1.54) is 8.99 Å². The van der Waals surface area contributed by atoms with E-state index in [1.807, 2.05) is 24.3 Å². The molecule has 0 saturated carbocycles. The van der Waals surface area contributed by atoms with E-state index < -0.39 is 10.0 Å². The molecular weight excluding hydrogens is 414 g/mol. The molecule has 0 spiro atoms. The number of anilines is 2. The van der Waals surface area contributed by atoms with Gasteiger partial charge in [0.15, 0.2) is 0 Å². The van der Waals surface area contributed by atoms with Gasteiger partial charge < -0.3 is 11.1 Å². The minimum Gasteiger partial charge on any atom is -0.385 e. The van der Waals surface area contributed by atoms with Crippen LogP contribution in [-0.4, -0.2) is 41.5 Å². The van der Waals surface area contributed by atoms with Crippen molar-refractivity contribution >= 4 is 27.4 Å². The van der Waals surface area contributed by atoms with Gasteiger partial charge in [0.05, 0.1) is 23.1 Å². The van der Waals surface area contributed by atoms with Crippen LogP contribution in [0.25, 0.3) is 0 Å². The zero-order chi connectivity index (χ0) is 21.6. The number of sulfonamides is 1. The fourth-order valence-corrected chi connectivity index (χ4v) is 5.80. The van der Waals surface area contributed by atoms with E-state index in [0.717, 1.165) is 16.8 Å². The number of hydrogen-bond donors (Lipinski definition) is 2. The Bertz CT molecular complexity index is 1250. The largest absolute Gasteiger partial charge is 0.385 e. The number of benzene rings is 2. The molecule has 9 heteroatoms. The van der Waals surface area contributed by atoms with Gasteiger partial charge in [0.25, 0.3) is 5.91 Å². The highest BCUT2D eigenvalue weighted by Crippen LogP contribution is 2.34. The lowest BCUT2D eigenvalue weighted by atomic mass is 9.90. The Labute approximate surface area is 180 Å². The Kier molecular flexibility index (Phi) is 4.79. The Morgan fingerprint density at radius 2 is 1.84 bits per heavy atom. The maximum atomic E-state index is 13.4. The van der Waals surface area contributed by atoms with E-state index in [2.05, 4.69) is 10.4 Å². The van der Waals surface area contributed by atoms with Crippen molar-refractivity contribution in [3.05, 3.63) is 71.4 Å². The van der Waals surface area contributed by atoms with Gasteiger partial charge in [-0.3, -0.25) is 4.79 Å². The number of nitrogens with two attached hydrogens (primary N) is 1. The van der Waals surface area contributed by atoms with Gasteiger partial charge in [-0.1, -0.05) is 36.4 Å². The number of carbonyl (C=O) groups excluding carboxylic acids is 1. The molecule has 2 aromatic carbocycles. The normalized spacial score (nSPS) is 18.6. The zero-order valence-corrected chi connectivity index (χ0v) is 17.7. The first-order chi connectivity index (χ1) is 15.0. The van der Waals surface area contributed by atoms with Crippen molar-refractivity contribution in [3.63, 3.8) is 0 Å². The van der Waals surface area contributed by atoms with E-state index >= 15 is 0 Å². The molecule has 1 aromatic heterocycles. The highest BCUT2D eigenvalue weighted by atomic mass is 32.2. The van der Waals surface area contributed by atoms with E-state index in [1.54, 1.807) is 30.3 Å². The van der Waals surface area contributed by atoms with Crippen LogP contribution in [0.2, 0.25) is 0 Å². The molecule has 0 radical (unpaired) electrons. The quantitative estimate of drug-likeness (QED) is 0.651. The summed E-state index contributed by atoms with van der Waals surface area (Å²) in [6.45, 7) is 1.09. The summed E-state index contributed by atoms with van der Waals surface area (Å²) in [6, 6.07) is 16.1. The van der Waals surface area contributed by atoms with Crippen molar-refractivity contribution in [1.29, 1.82) is 0 Å². The number of nitrogen functional groups attached to an aromatic ring is 1. The molecule has 3 aromatic rings. The van der Waals surface area contributed by atoms with Crippen LogP contribution in [0.5, 0.6) is 0 Å². The standard InChI is InChI=1S/C22H23N5O3S/c23-21-18-11-13-26(31(29,30)15-6-2-1-3-7-15)14-20(18)25-27(21)22(28)17-10-12-24-19-9-5-4-8-16(17)19/h1-9,17,24H,10-14,23H2. The lowest BCUT2D eigenvalue weighted by Gasteiger charge is -2.25.